The zero-order valence-corrected chi connectivity index (χ0v) is 11.9. The minimum atomic E-state index is 0.772. The molecule has 1 N–H and O–H groups in total. The Hall–Kier alpha value is -0.510. The molecule has 0 bridgehead atoms. The minimum absolute atomic E-state index is 0.772. The third kappa shape index (κ3) is 2.78. The van der Waals surface area contributed by atoms with Crippen LogP contribution in [0.1, 0.15) is 11.1 Å². The molecule has 0 amide bonds. The van der Waals surface area contributed by atoms with Gasteiger partial charge in [-0.2, -0.15) is 0 Å². The first-order valence-electron chi connectivity index (χ1n) is 4.88. The number of halogens is 2. The molecule has 1 aromatic carbocycles. The van der Waals surface area contributed by atoms with Crippen molar-refractivity contribution in [1.82, 2.24) is 0 Å². The molecule has 2 rings (SSSR count). The van der Waals surface area contributed by atoms with Gasteiger partial charge in [0, 0.05) is 6.54 Å². The largest absolute Gasteiger partial charge is 0.380 e. The third-order valence-corrected chi connectivity index (χ3v) is 4.18. The maximum atomic E-state index is 6.13. The zero-order valence-electron chi connectivity index (χ0n) is 8.76. The summed E-state index contributed by atoms with van der Waals surface area (Å²) >= 11 is 11.3. The fraction of sp³-hybridized carbons (Fsp3) is 0.167. The molecule has 1 aromatic heterocycles. The monoisotopic (exact) mass is 315 g/mol. The molecule has 0 spiro atoms. The molecule has 0 fully saturated rings. The Balaban J connectivity index is 2.10. The Labute approximate surface area is 113 Å². The molecule has 0 saturated carbocycles. The van der Waals surface area contributed by atoms with Gasteiger partial charge in [0.15, 0.2) is 0 Å². The van der Waals surface area contributed by atoms with Crippen LogP contribution in [-0.2, 0) is 6.54 Å². The van der Waals surface area contributed by atoms with Gasteiger partial charge < -0.3 is 5.32 Å². The van der Waals surface area contributed by atoms with Gasteiger partial charge in [-0.1, -0.05) is 23.7 Å². The Bertz CT molecular complexity index is 475. The molecular weight excluding hydrogens is 306 g/mol. The number of hydrogen-bond acceptors (Lipinski definition) is 2. The molecule has 0 radical (unpaired) electrons. The second-order valence-corrected chi connectivity index (χ2v) is 6.24. The van der Waals surface area contributed by atoms with Crippen molar-refractivity contribution in [3.05, 3.63) is 49.6 Å². The molecule has 0 saturated heterocycles. The van der Waals surface area contributed by atoms with E-state index < -0.39 is 0 Å². The van der Waals surface area contributed by atoms with E-state index in [-0.39, 0.29) is 0 Å². The van der Waals surface area contributed by atoms with Crippen molar-refractivity contribution >= 4 is 44.6 Å². The van der Waals surface area contributed by atoms with E-state index in [2.05, 4.69) is 45.7 Å². The molecular formula is C12H11BrClNS. The molecule has 1 heterocycles. The predicted octanol–water partition coefficient (Wildman–Crippen LogP) is 5.08. The van der Waals surface area contributed by atoms with E-state index in [9.17, 15) is 0 Å². The van der Waals surface area contributed by atoms with Gasteiger partial charge in [0.05, 0.1) is 14.5 Å². The van der Waals surface area contributed by atoms with Gasteiger partial charge in [-0.05, 0) is 51.5 Å². The Morgan fingerprint density at radius 2 is 2.25 bits per heavy atom. The number of thiophene rings is 1. The van der Waals surface area contributed by atoms with E-state index in [1.54, 1.807) is 11.3 Å². The van der Waals surface area contributed by atoms with Crippen LogP contribution in [0.4, 0.5) is 5.69 Å². The summed E-state index contributed by atoms with van der Waals surface area (Å²) in [6.45, 7) is 2.85. The van der Waals surface area contributed by atoms with Gasteiger partial charge in [0.1, 0.15) is 0 Å². The lowest BCUT2D eigenvalue weighted by Crippen LogP contribution is -2.00. The van der Waals surface area contributed by atoms with Gasteiger partial charge in [-0.15, -0.1) is 11.3 Å². The van der Waals surface area contributed by atoms with Crippen LogP contribution in [0.15, 0.2) is 33.4 Å². The first-order valence-corrected chi connectivity index (χ1v) is 6.94. The first-order chi connectivity index (χ1) is 7.66. The fourth-order valence-electron chi connectivity index (χ4n) is 1.48. The normalized spacial score (nSPS) is 10.4. The van der Waals surface area contributed by atoms with Crippen molar-refractivity contribution in [2.24, 2.45) is 0 Å². The number of rotatable bonds is 3. The van der Waals surface area contributed by atoms with Crippen LogP contribution >= 0.6 is 38.9 Å². The first kappa shape index (κ1) is 12.0. The zero-order chi connectivity index (χ0) is 11.5. The molecule has 0 aliphatic rings. The molecule has 16 heavy (non-hydrogen) atoms. The van der Waals surface area contributed by atoms with E-state index in [0.717, 1.165) is 21.0 Å². The molecule has 0 aliphatic carbocycles. The highest BCUT2D eigenvalue weighted by molar-refractivity contribution is 9.11. The van der Waals surface area contributed by atoms with Crippen molar-refractivity contribution < 1.29 is 0 Å². The van der Waals surface area contributed by atoms with Crippen LogP contribution in [-0.4, -0.2) is 0 Å². The highest BCUT2D eigenvalue weighted by atomic mass is 79.9. The van der Waals surface area contributed by atoms with Gasteiger partial charge in [-0.3, -0.25) is 0 Å². The summed E-state index contributed by atoms with van der Waals surface area (Å²) in [5.74, 6) is 0. The minimum Gasteiger partial charge on any atom is -0.380 e. The summed E-state index contributed by atoms with van der Waals surface area (Å²) in [7, 11) is 0. The van der Waals surface area contributed by atoms with Crippen LogP contribution in [0.5, 0.6) is 0 Å². The average molecular weight is 317 g/mol. The molecule has 1 nitrogen and oxygen atoms in total. The maximum Gasteiger partial charge on any atom is 0.0701 e. The summed E-state index contributed by atoms with van der Waals surface area (Å²) in [5.41, 5.74) is 3.45. The van der Waals surface area contributed by atoms with Crippen LogP contribution in [0.25, 0.3) is 0 Å². The predicted molar refractivity (Wildman–Crippen MR) is 75.5 cm³/mol. The number of hydrogen-bond donors (Lipinski definition) is 1. The van der Waals surface area contributed by atoms with Gasteiger partial charge in [0.25, 0.3) is 0 Å². The van der Waals surface area contributed by atoms with Crippen molar-refractivity contribution in [3.8, 4) is 0 Å². The maximum absolute atomic E-state index is 6.13. The standard InChI is InChI=1S/C12H11BrClNS/c1-8-3-2-4-10(14)12(8)15-6-9-5-11(13)16-7-9/h2-5,7,15H,6H2,1H3. The van der Waals surface area contributed by atoms with Gasteiger partial charge in [0.2, 0.25) is 0 Å². The highest BCUT2D eigenvalue weighted by Crippen LogP contribution is 2.27. The number of nitrogens with one attached hydrogen (secondary N) is 1. The van der Waals surface area contributed by atoms with Crippen molar-refractivity contribution in [2.75, 3.05) is 5.32 Å². The van der Waals surface area contributed by atoms with Crippen molar-refractivity contribution in [3.63, 3.8) is 0 Å². The lowest BCUT2D eigenvalue weighted by Gasteiger charge is -2.10. The Kier molecular flexibility index (Phi) is 3.90. The molecule has 84 valence electrons. The quantitative estimate of drug-likeness (QED) is 0.832. The van der Waals surface area contributed by atoms with Gasteiger partial charge in [-0.25, -0.2) is 0 Å². The smallest absolute Gasteiger partial charge is 0.0701 e. The molecule has 0 atom stereocenters. The van der Waals surface area contributed by atoms with Crippen LogP contribution < -0.4 is 5.32 Å². The number of aryl methyl sites for hydroxylation is 1. The highest BCUT2D eigenvalue weighted by Gasteiger charge is 2.03. The van der Waals surface area contributed by atoms with Crippen molar-refractivity contribution in [2.45, 2.75) is 13.5 Å². The van der Waals surface area contributed by atoms with Crippen LogP contribution in [0.2, 0.25) is 5.02 Å². The fourth-order valence-corrected chi connectivity index (χ4v) is 2.98. The number of anilines is 1. The van der Waals surface area contributed by atoms with E-state index in [4.69, 9.17) is 11.6 Å². The lowest BCUT2D eigenvalue weighted by molar-refractivity contribution is 1.15. The lowest BCUT2D eigenvalue weighted by atomic mass is 10.2. The Morgan fingerprint density at radius 1 is 1.44 bits per heavy atom. The summed E-state index contributed by atoms with van der Waals surface area (Å²) in [5, 5.41) is 6.27. The topological polar surface area (TPSA) is 12.0 Å². The second kappa shape index (κ2) is 5.21. The molecule has 2 aromatic rings. The second-order valence-electron chi connectivity index (χ2n) is 3.54. The van der Waals surface area contributed by atoms with E-state index in [1.165, 1.54) is 11.1 Å². The summed E-state index contributed by atoms with van der Waals surface area (Å²) in [6, 6.07) is 8.03. The SMILES string of the molecule is Cc1cccc(Cl)c1NCc1csc(Br)c1. The average Bonchev–Trinajstić information content (AvgIpc) is 2.63. The van der Waals surface area contributed by atoms with E-state index in [0.29, 0.717) is 0 Å². The Morgan fingerprint density at radius 3 is 2.88 bits per heavy atom. The summed E-state index contributed by atoms with van der Waals surface area (Å²) in [4.78, 5) is 0. The van der Waals surface area contributed by atoms with E-state index >= 15 is 0 Å². The number of benzene rings is 1. The third-order valence-electron chi connectivity index (χ3n) is 2.31. The van der Waals surface area contributed by atoms with Crippen LogP contribution in [0, 0.1) is 6.92 Å². The van der Waals surface area contributed by atoms with Gasteiger partial charge >= 0.3 is 0 Å². The van der Waals surface area contributed by atoms with Crippen molar-refractivity contribution in [1.29, 1.82) is 0 Å². The summed E-state index contributed by atoms with van der Waals surface area (Å²) < 4.78 is 1.15. The molecule has 4 heteroatoms. The number of para-hydroxylation sites is 1. The molecule has 0 unspecified atom stereocenters. The van der Waals surface area contributed by atoms with E-state index in [1.807, 2.05) is 12.1 Å². The molecule has 0 aliphatic heterocycles. The van der Waals surface area contributed by atoms with Crippen LogP contribution in [0.3, 0.4) is 0 Å². The summed E-state index contributed by atoms with van der Waals surface area (Å²) in [6.07, 6.45) is 0.